The van der Waals surface area contributed by atoms with Crippen molar-refractivity contribution in [2.45, 2.75) is 77.9 Å². The smallest absolute Gasteiger partial charge is 0.415 e. The molecule has 0 radical (unpaired) electrons. The van der Waals surface area contributed by atoms with Crippen LogP contribution in [0.4, 0.5) is 25.8 Å². The normalized spacial score (nSPS) is 16.4. The van der Waals surface area contributed by atoms with Gasteiger partial charge in [0.25, 0.3) is 5.91 Å². The van der Waals surface area contributed by atoms with Crippen LogP contribution in [0.2, 0.25) is 0 Å². The maximum Gasteiger partial charge on any atom is 0.415 e. The fraction of sp³-hybridized carbons (Fsp3) is 0.426. The minimum atomic E-state index is -0.843. The Hall–Kier alpha value is -6.79. The van der Waals surface area contributed by atoms with E-state index in [1.165, 1.54) is 0 Å². The van der Waals surface area contributed by atoms with E-state index < -0.39 is 30.2 Å². The van der Waals surface area contributed by atoms with Crippen molar-refractivity contribution in [2.75, 3.05) is 68.0 Å². The number of carbonyl (C=O) groups is 7. The first-order valence-corrected chi connectivity index (χ1v) is 25.9. The van der Waals surface area contributed by atoms with E-state index in [9.17, 15) is 33.6 Å². The highest BCUT2D eigenvalue weighted by Gasteiger charge is 2.37. The summed E-state index contributed by atoms with van der Waals surface area (Å²) in [6, 6.07) is 20.8. The molecule has 5 aromatic rings. The van der Waals surface area contributed by atoms with E-state index in [1.54, 1.807) is 45.9 Å². The number of urea groups is 1. The molecule has 1 fully saturated rings. The third-order valence-corrected chi connectivity index (χ3v) is 14.9. The number of hydrogen-bond donors (Lipinski definition) is 4. The Morgan fingerprint density at radius 3 is 2.26 bits per heavy atom. The van der Waals surface area contributed by atoms with E-state index in [2.05, 4.69) is 36.4 Å². The first-order chi connectivity index (χ1) is 34.6. The number of rotatable bonds is 18. The van der Waals surface area contributed by atoms with Crippen molar-refractivity contribution in [2.24, 2.45) is 17.6 Å². The average Bonchev–Trinajstić information content (AvgIpc) is 4.12. The molecule has 3 aliphatic heterocycles. The Kier molecular flexibility index (Phi) is 16.3. The number of ether oxygens (including phenoxy) is 2. The van der Waals surface area contributed by atoms with Gasteiger partial charge in [0.15, 0.2) is 5.78 Å². The minimum absolute atomic E-state index is 0.00570. The van der Waals surface area contributed by atoms with Gasteiger partial charge in [-0.3, -0.25) is 24.1 Å². The number of amides is 6. The molecule has 4 heterocycles. The summed E-state index contributed by atoms with van der Waals surface area (Å²) in [6.45, 7) is 9.19. The van der Waals surface area contributed by atoms with E-state index in [-0.39, 0.29) is 67.6 Å². The predicted octanol–water partition coefficient (Wildman–Crippen LogP) is 7.59. The van der Waals surface area contributed by atoms with Crippen LogP contribution in [0.5, 0.6) is 5.75 Å². The van der Waals surface area contributed by atoms with Crippen molar-refractivity contribution >= 4 is 90.6 Å². The molecule has 1 saturated heterocycles. The van der Waals surface area contributed by atoms with E-state index >= 15 is 0 Å². The van der Waals surface area contributed by atoms with E-state index in [0.717, 1.165) is 45.9 Å². The monoisotopic (exact) mass is 1050 g/mol. The fourth-order valence-electron chi connectivity index (χ4n) is 9.96. The highest BCUT2D eigenvalue weighted by molar-refractivity contribution is 9.09. The molecule has 72 heavy (non-hydrogen) atoms. The summed E-state index contributed by atoms with van der Waals surface area (Å²) in [5, 5.41) is 8.60. The van der Waals surface area contributed by atoms with Gasteiger partial charge >= 0.3 is 18.2 Å². The largest absolute Gasteiger partial charge is 0.444 e. The molecule has 8 rings (SSSR count). The lowest BCUT2D eigenvalue weighted by molar-refractivity contribution is -0.133. The lowest BCUT2D eigenvalue weighted by atomic mass is 9.88. The van der Waals surface area contributed by atoms with Crippen LogP contribution in [-0.4, -0.2) is 121 Å². The van der Waals surface area contributed by atoms with Gasteiger partial charge in [-0.2, -0.15) is 0 Å². The molecule has 4 aromatic carbocycles. The molecule has 6 amide bonds. The number of halogens is 1. The van der Waals surface area contributed by atoms with Crippen LogP contribution in [0.25, 0.3) is 21.7 Å². The second-order valence-electron chi connectivity index (χ2n) is 19.3. The molecule has 5 N–H and O–H groups in total. The first kappa shape index (κ1) is 51.6. The number of nitrogens with one attached hydrogen (secondary N) is 3. The number of alkyl halides is 1. The van der Waals surface area contributed by atoms with Crippen LogP contribution in [-0.2, 0) is 38.6 Å². The van der Waals surface area contributed by atoms with Crippen LogP contribution in [0.15, 0.2) is 72.8 Å². The lowest BCUT2D eigenvalue weighted by Gasteiger charge is -2.31. The zero-order chi connectivity index (χ0) is 51.2. The van der Waals surface area contributed by atoms with Crippen molar-refractivity contribution in [3.63, 3.8) is 0 Å². The molecule has 17 nitrogen and oxygen atoms in total. The van der Waals surface area contributed by atoms with Crippen LogP contribution in [0.1, 0.15) is 85.1 Å². The number of piperazine rings is 1. The number of H-pyrrole nitrogens is 1. The van der Waals surface area contributed by atoms with Gasteiger partial charge in [-0.15, -0.1) is 0 Å². The second kappa shape index (κ2) is 22.7. The highest BCUT2D eigenvalue weighted by Crippen LogP contribution is 2.47. The number of aromatic amines is 1. The summed E-state index contributed by atoms with van der Waals surface area (Å²) in [5.74, 6) is -1.13. The number of ketones is 2. The summed E-state index contributed by atoms with van der Waals surface area (Å²) < 4.78 is 11.9. The molecular weight excluding hydrogens is 985 g/mol. The number of anilines is 2. The molecule has 0 bridgehead atoms. The number of nitrogens with two attached hydrogens (primary N) is 1. The van der Waals surface area contributed by atoms with Gasteiger partial charge in [0.2, 0.25) is 5.91 Å². The maximum absolute atomic E-state index is 14.6. The van der Waals surface area contributed by atoms with Gasteiger partial charge in [-0.25, -0.2) is 14.4 Å². The summed E-state index contributed by atoms with van der Waals surface area (Å²) in [6.07, 6.45) is 0.719. The minimum Gasteiger partial charge on any atom is -0.444 e. The molecule has 0 unspecified atom stereocenters. The Morgan fingerprint density at radius 2 is 1.57 bits per heavy atom. The molecule has 3 aliphatic rings. The van der Waals surface area contributed by atoms with Crippen LogP contribution in [0, 0.1) is 11.8 Å². The molecule has 380 valence electrons. The van der Waals surface area contributed by atoms with Gasteiger partial charge in [-0.1, -0.05) is 85.2 Å². The average molecular weight is 1050 g/mol. The van der Waals surface area contributed by atoms with Gasteiger partial charge in [-0.05, 0) is 78.1 Å². The van der Waals surface area contributed by atoms with Crippen molar-refractivity contribution in [1.82, 2.24) is 25.4 Å². The Balaban J connectivity index is 0.919. The van der Waals surface area contributed by atoms with Crippen LogP contribution >= 0.6 is 15.9 Å². The van der Waals surface area contributed by atoms with E-state index in [4.69, 9.17) is 15.2 Å². The quantitative estimate of drug-likeness (QED) is 0.0498. The predicted molar refractivity (Wildman–Crippen MR) is 279 cm³/mol. The van der Waals surface area contributed by atoms with Crippen LogP contribution < -0.4 is 30.9 Å². The van der Waals surface area contributed by atoms with Crippen molar-refractivity contribution in [3.05, 3.63) is 101 Å². The maximum atomic E-state index is 14.6. The molecule has 0 saturated carbocycles. The van der Waals surface area contributed by atoms with Gasteiger partial charge in [0, 0.05) is 105 Å². The standard InChI is InChI=1S/C54H63BrN8O9/c1-5-36(64)26-40(32(2)3)50(66)59-43(11-8-19-57-52(56)68)47(65)25-33-12-14-34(15-13-33)31-71-54(70)62-20-18-37-41-27-44(58-42(41)16-17-45(37)62)51(67)63-30-35(29-55)49-39-10-7-6-9-38(39)48(28-46(49)63)72-53(69)61-23-21-60(4)22-24-61/h6-7,9-10,12-17,27-28,32,35,40,43,58H,5,8,11,18-26,29-31H2,1-4H3,(H,59,66)(H3,56,57,68)/t35-,40+,43+/m1/s1. The number of Topliss-reactive ketones (excluding diaryl/α,β-unsaturated/α-hetero) is 2. The first-order valence-electron chi connectivity index (χ1n) is 24.8. The second-order valence-corrected chi connectivity index (χ2v) is 20.0. The summed E-state index contributed by atoms with van der Waals surface area (Å²) in [5.41, 5.74) is 11.1. The molecule has 0 aliphatic carbocycles. The van der Waals surface area contributed by atoms with Gasteiger partial charge < -0.3 is 45.5 Å². The van der Waals surface area contributed by atoms with Gasteiger partial charge in [0.1, 0.15) is 23.8 Å². The molecule has 18 heteroatoms. The number of primary amides is 1. The number of carbonyl (C=O) groups excluding carboxylic acids is 7. The fourth-order valence-corrected chi connectivity index (χ4v) is 10.5. The highest BCUT2D eigenvalue weighted by atomic mass is 79.9. The lowest BCUT2D eigenvalue weighted by Crippen LogP contribution is -2.48. The number of nitrogens with zero attached hydrogens (tertiary/aromatic N) is 4. The zero-order valence-electron chi connectivity index (χ0n) is 41.3. The van der Waals surface area contributed by atoms with Crippen LogP contribution in [0.3, 0.4) is 0 Å². The molecule has 1 aromatic heterocycles. The zero-order valence-corrected chi connectivity index (χ0v) is 42.8. The number of benzene rings is 4. The number of hydrogen-bond acceptors (Lipinski definition) is 10. The molecule has 3 atom stereocenters. The summed E-state index contributed by atoms with van der Waals surface area (Å²) in [4.78, 5) is 103. The van der Waals surface area contributed by atoms with E-state index in [0.29, 0.717) is 84.7 Å². The number of fused-ring (bicyclic) bond motifs is 6. The Labute approximate surface area is 427 Å². The van der Waals surface area contributed by atoms with E-state index in [1.807, 2.05) is 69.4 Å². The summed E-state index contributed by atoms with van der Waals surface area (Å²) in [7, 11) is 2.03. The Bertz CT molecular complexity index is 2880. The van der Waals surface area contributed by atoms with Crippen molar-refractivity contribution in [1.29, 1.82) is 0 Å². The SMILES string of the molecule is CCC(=O)C[C@H](C(=O)N[C@@H](CCCNC(N)=O)C(=O)Cc1ccc(COC(=O)N2CCc3c2ccc2[nH]c(C(=O)N4C[C@@H](CBr)c5c4cc(OC(=O)N4CCN(C)CC4)c4ccccc54)cc32)cc1)C(C)C. The van der Waals surface area contributed by atoms with Crippen molar-refractivity contribution < 1.29 is 43.0 Å². The third-order valence-electron chi connectivity index (χ3n) is 14.2. The van der Waals surface area contributed by atoms with Crippen molar-refractivity contribution in [3.8, 4) is 5.75 Å². The van der Waals surface area contributed by atoms with Gasteiger partial charge in [0.05, 0.1) is 17.4 Å². The molecular formula is C54H63BrN8O9. The number of aromatic nitrogens is 1. The third kappa shape index (κ3) is 11.4. The summed E-state index contributed by atoms with van der Waals surface area (Å²) >= 11 is 3.70. The topological polar surface area (TPSA) is 217 Å². The Morgan fingerprint density at radius 1 is 0.847 bits per heavy atom. The number of likely N-dealkylation sites (N-methyl/N-ethyl adjacent to an activating group) is 1. The molecule has 0 spiro atoms.